The lowest BCUT2D eigenvalue weighted by Gasteiger charge is -2.21. The Morgan fingerprint density at radius 1 is 0.941 bits per heavy atom. The van der Waals surface area contributed by atoms with E-state index in [0.717, 1.165) is 16.7 Å². The monoisotopic (exact) mass is 458 g/mol. The average molecular weight is 459 g/mol. The van der Waals surface area contributed by atoms with Crippen LogP contribution in [0.25, 0.3) is 0 Å². The number of nitrogens with zero attached hydrogens (tertiary/aromatic N) is 1. The van der Waals surface area contributed by atoms with Crippen LogP contribution in [0.4, 0.5) is 0 Å². The van der Waals surface area contributed by atoms with Gasteiger partial charge in [0, 0.05) is 36.7 Å². The quantitative estimate of drug-likeness (QED) is 0.577. The molecule has 0 aromatic heterocycles. The van der Waals surface area contributed by atoms with Crippen molar-refractivity contribution < 1.29 is 19.1 Å². The van der Waals surface area contributed by atoms with E-state index in [1.54, 1.807) is 19.1 Å². The number of rotatable bonds is 7. The lowest BCUT2D eigenvalue weighted by atomic mass is 9.87. The van der Waals surface area contributed by atoms with Gasteiger partial charge in [-0.1, -0.05) is 48.0 Å². The topological polar surface area (TPSA) is 67.9 Å². The highest BCUT2D eigenvalue weighted by Crippen LogP contribution is 2.40. The molecule has 6 nitrogen and oxygen atoms in total. The first-order valence-corrected chi connectivity index (χ1v) is 11.4. The summed E-state index contributed by atoms with van der Waals surface area (Å²) in [5.74, 6) is 0.552. The molecular weight excluding hydrogens is 428 g/mol. The van der Waals surface area contributed by atoms with Crippen molar-refractivity contribution in [2.24, 2.45) is 5.92 Å². The highest BCUT2D eigenvalue weighted by molar-refractivity contribution is 5.95. The normalized spacial score (nSPS) is 17.3. The fourth-order valence-electron chi connectivity index (χ4n) is 4.47. The summed E-state index contributed by atoms with van der Waals surface area (Å²) in [5.41, 5.74) is 3.60. The molecule has 0 bridgehead atoms. The maximum absolute atomic E-state index is 13.4. The predicted molar refractivity (Wildman–Crippen MR) is 131 cm³/mol. The molecule has 1 fully saturated rings. The molecular formula is C28H30N2O4. The van der Waals surface area contributed by atoms with Crippen LogP contribution < -0.4 is 14.8 Å². The maximum Gasteiger partial charge on any atom is 0.253 e. The molecule has 1 N–H and O–H groups in total. The molecule has 1 aliphatic rings. The molecule has 2 unspecified atom stereocenters. The Morgan fingerprint density at radius 2 is 1.68 bits per heavy atom. The Bertz CT molecular complexity index is 1140. The summed E-state index contributed by atoms with van der Waals surface area (Å²) in [7, 11) is 3.22. The van der Waals surface area contributed by atoms with Gasteiger partial charge < -0.3 is 19.7 Å². The van der Waals surface area contributed by atoms with E-state index in [1.165, 1.54) is 0 Å². The van der Waals surface area contributed by atoms with Crippen LogP contribution in [0, 0.1) is 12.8 Å². The lowest BCUT2D eigenvalue weighted by Crippen LogP contribution is -2.35. The zero-order chi connectivity index (χ0) is 24.1. The lowest BCUT2D eigenvalue weighted by molar-refractivity contribution is -0.125. The van der Waals surface area contributed by atoms with Crippen molar-refractivity contribution in [3.05, 3.63) is 95.1 Å². The van der Waals surface area contributed by atoms with Crippen LogP contribution in [0.1, 0.15) is 33.0 Å². The molecule has 0 aliphatic carbocycles. The third-order valence-electron chi connectivity index (χ3n) is 6.39. The maximum atomic E-state index is 13.4. The fourth-order valence-corrected chi connectivity index (χ4v) is 4.47. The van der Waals surface area contributed by atoms with E-state index in [4.69, 9.17) is 9.47 Å². The van der Waals surface area contributed by atoms with Gasteiger partial charge >= 0.3 is 0 Å². The Balaban J connectivity index is 1.62. The summed E-state index contributed by atoms with van der Waals surface area (Å²) in [4.78, 5) is 28.4. The first-order valence-electron chi connectivity index (χ1n) is 11.4. The highest BCUT2D eigenvalue weighted by Gasteiger charge is 2.41. The second-order valence-electron chi connectivity index (χ2n) is 8.60. The number of methoxy groups -OCH3 is 2. The molecule has 2 atom stereocenters. The molecule has 0 saturated carbocycles. The number of amides is 2. The fraction of sp³-hybridized carbons (Fsp3) is 0.286. The van der Waals surface area contributed by atoms with Crippen LogP contribution in [0.2, 0.25) is 0 Å². The smallest absolute Gasteiger partial charge is 0.253 e. The summed E-state index contributed by atoms with van der Waals surface area (Å²) >= 11 is 0. The van der Waals surface area contributed by atoms with E-state index >= 15 is 0 Å². The van der Waals surface area contributed by atoms with Crippen molar-refractivity contribution >= 4 is 11.8 Å². The number of carbonyl (C=O) groups excluding carboxylic acids is 2. The SMILES string of the molecule is COc1ccc(OC)c(C2CN(C(=O)c3ccc(C)cc3)CC2C(=O)NCc2ccccc2)c1. The zero-order valence-corrected chi connectivity index (χ0v) is 19.8. The molecule has 0 radical (unpaired) electrons. The van der Waals surface area contributed by atoms with E-state index in [2.05, 4.69) is 5.32 Å². The van der Waals surface area contributed by atoms with Gasteiger partial charge in [0.05, 0.1) is 20.1 Å². The molecule has 1 saturated heterocycles. The van der Waals surface area contributed by atoms with Crippen LogP contribution in [0.3, 0.4) is 0 Å². The van der Waals surface area contributed by atoms with Gasteiger partial charge in [0.25, 0.3) is 5.91 Å². The molecule has 0 spiro atoms. The number of likely N-dealkylation sites (tertiary alicyclic amines) is 1. The van der Waals surface area contributed by atoms with Gasteiger partial charge in [-0.3, -0.25) is 9.59 Å². The minimum absolute atomic E-state index is 0.0785. The Labute approximate surface area is 200 Å². The summed E-state index contributed by atoms with van der Waals surface area (Å²) in [6, 6.07) is 22.9. The van der Waals surface area contributed by atoms with Crippen LogP contribution >= 0.6 is 0 Å². The number of hydrogen-bond donors (Lipinski definition) is 1. The molecule has 34 heavy (non-hydrogen) atoms. The van der Waals surface area contributed by atoms with Gasteiger partial charge in [-0.05, 0) is 42.8 Å². The molecule has 3 aromatic rings. The second-order valence-corrected chi connectivity index (χ2v) is 8.60. The van der Waals surface area contributed by atoms with Crippen molar-refractivity contribution in [3.8, 4) is 11.5 Å². The Kier molecular flexibility index (Phi) is 7.16. The van der Waals surface area contributed by atoms with Crippen molar-refractivity contribution in [3.63, 3.8) is 0 Å². The van der Waals surface area contributed by atoms with Crippen LogP contribution in [-0.4, -0.2) is 44.0 Å². The minimum Gasteiger partial charge on any atom is -0.497 e. The third-order valence-corrected chi connectivity index (χ3v) is 6.39. The van der Waals surface area contributed by atoms with Gasteiger partial charge in [-0.25, -0.2) is 0 Å². The summed E-state index contributed by atoms with van der Waals surface area (Å²) in [6.07, 6.45) is 0. The molecule has 4 rings (SSSR count). The Hall–Kier alpha value is -3.80. The third kappa shape index (κ3) is 5.06. The number of ether oxygens (including phenoxy) is 2. The first-order chi connectivity index (χ1) is 16.5. The van der Waals surface area contributed by atoms with E-state index in [-0.39, 0.29) is 17.7 Å². The number of nitrogens with one attached hydrogen (secondary N) is 1. The first kappa shape index (κ1) is 23.4. The van der Waals surface area contributed by atoms with Crippen molar-refractivity contribution in [2.75, 3.05) is 27.3 Å². The van der Waals surface area contributed by atoms with Gasteiger partial charge in [0.15, 0.2) is 0 Å². The van der Waals surface area contributed by atoms with Gasteiger partial charge in [-0.15, -0.1) is 0 Å². The molecule has 1 aliphatic heterocycles. The number of carbonyl (C=O) groups is 2. The van der Waals surface area contributed by atoms with Crippen LogP contribution in [0.5, 0.6) is 11.5 Å². The van der Waals surface area contributed by atoms with Crippen LogP contribution in [-0.2, 0) is 11.3 Å². The average Bonchev–Trinajstić information content (AvgIpc) is 3.33. The van der Waals surface area contributed by atoms with E-state index in [0.29, 0.717) is 36.7 Å². The molecule has 2 amide bonds. The standard InChI is InChI=1S/C28H30N2O4/c1-19-9-11-21(12-10-19)28(32)30-17-24(23-15-22(33-2)13-14-26(23)34-3)25(18-30)27(31)29-16-20-7-5-4-6-8-20/h4-15,24-25H,16-18H2,1-3H3,(H,29,31). The van der Waals surface area contributed by atoms with Crippen molar-refractivity contribution in [1.82, 2.24) is 10.2 Å². The van der Waals surface area contributed by atoms with Gasteiger partial charge in [0.1, 0.15) is 11.5 Å². The number of aryl methyl sites for hydroxylation is 1. The highest BCUT2D eigenvalue weighted by atomic mass is 16.5. The van der Waals surface area contributed by atoms with E-state index < -0.39 is 5.92 Å². The minimum atomic E-state index is -0.417. The second kappa shape index (κ2) is 10.4. The largest absolute Gasteiger partial charge is 0.497 e. The molecule has 3 aromatic carbocycles. The van der Waals surface area contributed by atoms with E-state index in [9.17, 15) is 9.59 Å². The van der Waals surface area contributed by atoms with Gasteiger partial charge in [-0.2, -0.15) is 0 Å². The molecule has 176 valence electrons. The number of hydrogen-bond acceptors (Lipinski definition) is 4. The number of benzene rings is 3. The predicted octanol–water partition coefficient (Wildman–Crippen LogP) is 4.18. The van der Waals surface area contributed by atoms with Gasteiger partial charge in [0.2, 0.25) is 5.91 Å². The summed E-state index contributed by atoms with van der Waals surface area (Å²) < 4.78 is 11.1. The van der Waals surface area contributed by atoms with Crippen molar-refractivity contribution in [1.29, 1.82) is 0 Å². The van der Waals surface area contributed by atoms with Crippen LogP contribution in [0.15, 0.2) is 72.8 Å². The summed E-state index contributed by atoms with van der Waals surface area (Å²) in [6.45, 7) is 3.17. The van der Waals surface area contributed by atoms with Crippen molar-refractivity contribution in [2.45, 2.75) is 19.4 Å². The molecule has 6 heteroatoms. The molecule has 1 heterocycles. The zero-order valence-electron chi connectivity index (χ0n) is 19.8. The van der Waals surface area contributed by atoms with E-state index in [1.807, 2.05) is 79.7 Å². The Morgan fingerprint density at radius 3 is 2.35 bits per heavy atom. The summed E-state index contributed by atoms with van der Waals surface area (Å²) in [5, 5.41) is 3.06.